The lowest BCUT2D eigenvalue weighted by atomic mass is 10.2. The Morgan fingerprint density at radius 3 is 2.54 bits per heavy atom. The van der Waals surface area contributed by atoms with Crippen LogP contribution in [0.1, 0.15) is 28.5 Å². The van der Waals surface area contributed by atoms with E-state index in [-0.39, 0.29) is 46.0 Å². The molecule has 39 heavy (non-hydrogen) atoms. The predicted octanol–water partition coefficient (Wildman–Crippen LogP) is 5.88. The first-order valence-electron chi connectivity index (χ1n) is 11.0. The monoisotopic (exact) mass is 652 g/mol. The molecule has 1 amide bonds. The molecular weight excluding hydrogens is 632 g/mol. The third-order valence-corrected chi connectivity index (χ3v) is 7.16. The number of aromatic nitrogens is 3. The highest BCUT2D eigenvalue weighted by molar-refractivity contribution is 9.10. The van der Waals surface area contributed by atoms with Gasteiger partial charge in [-0.3, -0.25) is 9.36 Å². The van der Waals surface area contributed by atoms with Gasteiger partial charge in [-0.1, -0.05) is 11.6 Å². The van der Waals surface area contributed by atoms with Crippen molar-refractivity contribution < 1.29 is 36.7 Å². The van der Waals surface area contributed by atoms with Crippen molar-refractivity contribution in [1.82, 2.24) is 20.3 Å². The van der Waals surface area contributed by atoms with Crippen molar-refractivity contribution >= 4 is 64.2 Å². The first kappa shape index (κ1) is 30.6. The van der Waals surface area contributed by atoms with E-state index >= 15 is 0 Å². The van der Waals surface area contributed by atoms with Crippen molar-refractivity contribution in [2.75, 3.05) is 31.4 Å². The summed E-state index contributed by atoms with van der Waals surface area (Å²) in [6.45, 7) is 1.59. The SMILES string of the molecule is CCOP(=O)(O)Cc1cc(OC)c(Nc2ncc(C(F)(F)F)c(Nc3ccc(Br)nc3C(=O)NC)n2)cc1Cl. The van der Waals surface area contributed by atoms with Gasteiger partial charge in [0.05, 0.1) is 31.3 Å². The number of carbonyl (C=O) groups is 1. The zero-order chi connectivity index (χ0) is 29.0. The summed E-state index contributed by atoms with van der Waals surface area (Å²) in [5.74, 6) is -1.44. The number of amides is 1. The molecule has 0 radical (unpaired) electrons. The van der Waals surface area contributed by atoms with Crippen molar-refractivity contribution in [2.45, 2.75) is 19.3 Å². The van der Waals surface area contributed by atoms with E-state index < -0.39 is 37.2 Å². The number of halogens is 5. The summed E-state index contributed by atoms with van der Waals surface area (Å²) in [4.78, 5) is 33.9. The summed E-state index contributed by atoms with van der Waals surface area (Å²) in [6.07, 6.45) is -4.66. The number of pyridine rings is 1. The van der Waals surface area contributed by atoms with Crippen LogP contribution in [-0.4, -0.2) is 46.5 Å². The van der Waals surface area contributed by atoms with Crippen LogP contribution in [0.4, 0.5) is 36.3 Å². The van der Waals surface area contributed by atoms with Crippen molar-refractivity contribution in [1.29, 1.82) is 0 Å². The van der Waals surface area contributed by atoms with Gasteiger partial charge in [0, 0.05) is 18.3 Å². The van der Waals surface area contributed by atoms with Crippen LogP contribution in [0.25, 0.3) is 0 Å². The molecule has 11 nitrogen and oxygen atoms in total. The van der Waals surface area contributed by atoms with Gasteiger partial charge in [-0.25, -0.2) is 9.97 Å². The van der Waals surface area contributed by atoms with Crippen LogP contribution in [0.3, 0.4) is 0 Å². The Morgan fingerprint density at radius 1 is 1.21 bits per heavy atom. The van der Waals surface area contributed by atoms with Crippen LogP contribution in [0, 0.1) is 0 Å². The molecule has 17 heteroatoms. The number of nitrogens with one attached hydrogen (secondary N) is 3. The number of ether oxygens (including phenoxy) is 1. The van der Waals surface area contributed by atoms with Crippen LogP contribution in [0.5, 0.6) is 5.75 Å². The van der Waals surface area contributed by atoms with E-state index in [1.807, 2.05) is 0 Å². The Labute approximate surface area is 234 Å². The quantitative estimate of drug-likeness (QED) is 0.154. The molecule has 210 valence electrons. The molecule has 1 unspecified atom stereocenters. The van der Waals surface area contributed by atoms with Gasteiger partial charge in [-0.05, 0) is 52.7 Å². The van der Waals surface area contributed by atoms with E-state index in [2.05, 4.69) is 46.8 Å². The number of hydrogen-bond donors (Lipinski definition) is 4. The molecular formula is C22H22BrClF3N6O5P. The Kier molecular flexibility index (Phi) is 9.78. The molecule has 2 heterocycles. The average molecular weight is 654 g/mol. The van der Waals surface area contributed by atoms with E-state index in [0.29, 0.717) is 10.8 Å². The van der Waals surface area contributed by atoms with Crippen LogP contribution in [0.2, 0.25) is 5.02 Å². The Bertz CT molecular complexity index is 1430. The lowest BCUT2D eigenvalue weighted by Crippen LogP contribution is -2.21. The van der Waals surface area contributed by atoms with Gasteiger partial charge < -0.3 is 30.1 Å². The summed E-state index contributed by atoms with van der Waals surface area (Å²) in [6, 6.07) is 5.53. The number of hydrogen-bond acceptors (Lipinski definition) is 9. The molecule has 4 N–H and O–H groups in total. The lowest BCUT2D eigenvalue weighted by molar-refractivity contribution is -0.137. The maximum absolute atomic E-state index is 13.8. The van der Waals surface area contributed by atoms with E-state index in [0.717, 1.165) is 0 Å². The number of methoxy groups -OCH3 is 1. The van der Waals surface area contributed by atoms with Crippen LogP contribution in [0.15, 0.2) is 35.1 Å². The molecule has 0 aliphatic heterocycles. The zero-order valence-corrected chi connectivity index (χ0v) is 23.8. The molecule has 0 spiro atoms. The normalized spacial score (nSPS) is 12.9. The second kappa shape index (κ2) is 12.5. The minimum absolute atomic E-state index is 0.0186. The maximum Gasteiger partial charge on any atom is 0.421 e. The van der Waals surface area contributed by atoms with Gasteiger partial charge in [-0.2, -0.15) is 18.2 Å². The van der Waals surface area contributed by atoms with Crippen LogP contribution in [-0.2, 0) is 21.4 Å². The standard InChI is InChI=1S/C22H22BrClF3N6O5P/c1-4-38-39(35,36)10-11-7-16(37-3)15(8-13(11)24)31-21-29-9-12(22(25,26)27)19(33-21)30-14-5-6-17(23)32-18(14)20(34)28-2/h5-9H,4,10H2,1-3H3,(H,28,34)(H,35,36)(H2,29,30,31,33). The first-order valence-corrected chi connectivity index (χ1v) is 13.9. The molecule has 3 aromatic rings. The van der Waals surface area contributed by atoms with Gasteiger partial charge >= 0.3 is 13.8 Å². The van der Waals surface area contributed by atoms with E-state index in [9.17, 15) is 27.4 Å². The predicted molar refractivity (Wildman–Crippen MR) is 142 cm³/mol. The summed E-state index contributed by atoms with van der Waals surface area (Å²) in [5.41, 5.74) is -1.00. The molecule has 0 fully saturated rings. The van der Waals surface area contributed by atoms with Gasteiger partial charge in [0.25, 0.3) is 5.91 Å². The van der Waals surface area contributed by atoms with Crippen molar-refractivity contribution in [3.63, 3.8) is 0 Å². The minimum Gasteiger partial charge on any atom is -0.495 e. The van der Waals surface area contributed by atoms with E-state index in [1.165, 1.54) is 38.4 Å². The molecule has 3 rings (SSSR count). The van der Waals surface area contributed by atoms with Gasteiger partial charge in [0.2, 0.25) is 5.95 Å². The topological polar surface area (TPSA) is 148 Å². The highest BCUT2D eigenvalue weighted by atomic mass is 79.9. The number of carbonyl (C=O) groups excluding carboxylic acids is 1. The number of nitrogens with zero attached hydrogens (tertiary/aromatic N) is 3. The molecule has 1 aromatic carbocycles. The fourth-order valence-electron chi connectivity index (χ4n) is 3.27. The molecule has 0 saturated heterocycles. The first-order chi connectivity index (χ1) is 18.3. The largest absolute Gasteiger partial charge is 0.495 e. The Hall–Kier alpha value is -2.97. The second-order valence-electron chi connectivity index (χ2n) is 7.67. The highest BCUT2D eigenvalue weighted by Gasteiger charge is 2.36. The van der Waals surface area contributed by atoms with Crippen LogP contribution >= 0.6 is 35.1 Å². The number of anilines is 4. The molecule has 0 aliphatic rings. The third kappa shape index (κ3) is 7.79. The zero-order valence-electron chi connectivity index (χ0n) is 20.6. The second-order valence-corrected chi connectivity index (χ2v) is 10.7. The third-order valence-electron chi connectivity index (χ3n) is 4.97. The Balaban J connectivity index is 2.02. The van der Waals surface area contributed by atoms with Gasteiger partial charge in [0.15, 0.2) is 5.69 Å². The number of benzene rings is 1. The molecule has 0 aliphatic carbocycles. The highest BCUT2D eigenvalue weighted by Crippen LogP contribution is 2.48. The molecule has 2 aromatic heterocycles. The summed E-state index contributed by atoms with van der Waals surface area (Å²) in [5, 5.41) is 7.69. The van der Waals surface area contributed by atoms with Gasteiger partial charge in [-0.15, -0.1) is 0 Å². The fourth-order valence-corrected chi connectivity index (χ4v) is 5.09. The van der Waals surface area contributed by atoms with Gasteiger partial charge in [0.1, 0.15) is 21.7 Å². The van der Waals surface area contributed by atoms with Crippen molar-refractivity contribution in [3.8, 4) is 5.75 Å². The van der Waals surface area contributed by atoms with Crippen molar-refractivity contribution in [2.24, 2.45) is 0 Å². The summed E-state index contributed by atoms with van der Waals surface area (Å²) in [7, 11) is -1.30. The molecule has 1 atom stereocenters. The smallest absolute Gasteiger partial charge is 0.421 e. The molecule has 0 saturated carbocycles. The van der Waals surface area contributed by atoms with E-state index in [4.69, 9.17) is 20.9 Å². The number of rotatable bonds is 10. The summed E-state index contributed by atoms with van der Waals surface area (Å²) >= 11 is 9.42. The minimum atomic E-state index is -4.84. The average Bonchev–Trinajstić information content (AvgIpc) is 2.85. The molecule has 0 bridgehead atoms. The summed E-state index contributed by atoms with van der Waals surface area (Å²) < 4.78 is 64.0. The lowest BCUT2D eigenvalue weighted by Gasteiger charge is -2.18. The van der Waals surface area contributed by atoms with Crippen LogP contribution < -0.4 is 20.7 Å². The van der Waals surface area contributed by atoms with Crippen molar-refractivity contribution in [3.05, 3.63) is 56.9 Å². The van der Waals surface area contributed by atoms with E-state index in [1.54, 1.807) is 6.92 Å². The number of alkyl halides is 3. The maximum atomic E-state index is 13.8. The Morgan fingerprint density at radius 2 is 1.92 bits per heavy atom. The fraction of sp³-hybridized carbons (Fsp3) is 0.273.